The highest BCUT2D eigenvalue weighted by Gasteiger charge is 2.33. The molecule has 5 rings (SSSR count). The summed E-state index contributed by atoms with van der Waals surface area (Å²) < 4.78 is 26.5. The molecular formula is C30H52O4. The molecule has 4 heteroatoms. The van der Waals surface area contributed by atoms with Crippen molar-refractivity contribution in [1.82, 2.24) is 0 Å². The molecule has 0 saturated heterocycles. The molecular weight excluding hydrogens is 424 g/mol. The monoisotopic (exact) mass is 476 g/mol. The summed E-state index contributed by atoms with van der Waals surface area (Å²) in [5.41, 5.74) is 0. The third kappa shape index (κ3) is 7.92. The Morgan fingerprint density at radius 3 is 0.765 bits per heavy atom. The molecule has 196 valence electrons. The maximum atomic E-state index is 6.71. The zero-order chi connectivity index (χ0) is 23.0. The number of hydrogen-bond donors (Lipinski definition) is 0. The zero-order valence-corrected chi connectivity index (χ0v) is 21.8. The second-order valence-corrected chi connectivity index (χ2v) is 12.3. The average molecular weight is 477 g/mol. The van der Waals surface area contributed by atoms with E-state index in [0.29, 0.717) is 48.8 Å². The van der Waals surface area contributed by atoms with Crippen LogP contribution in [0.25, 0.3) is 0 Å². The van der Waals surface area contributed by atoms with E-state index in [-0.39, 0.29) is 0 Å². The number of hydrogen-bond acceptors (Lipinski definition) is 4. The van der Waals surface area contributed by atoms with Crippen LogP contribution in [0.4, 0.5) is 0 Å². The fourth-order valence-electron chi connectivity index (χ4n) is 7.54. The smallest absolute Gasteiger partial charge is 0.0603 e. The topological polar surface area (TPSA) is 36.9 Å². The number of ether oxygens (including phenoxy) is 4. The van der Waals surface area contributed by atoms with Gasteiger partial charge in [0.15, 0.2) is 0 Å². The van der Waals surface area contributed by atoms with E-state index < -0.39 is 0 Å². The third-order valence-corrected chi connectivity index (χ3v) is 9.38. The molecule has 0 aromatic rings. The fraction of sp³-hybridized carbons (Fsp3) is 1.00. The minimum atomic E-state index is 0.384. The lowest BCUT2D eigenvalue weighted by atomic mass is 9.90. The van der Waals surface area contributed by atoms with Gasteiger partial charge in [-0.25, -0.2) is 0 Å². The van der Waals surface area contributed by atoms with Gasteiger partial charge in [-0.05, 0) is 103 Å². The lowest BCUT2D eigenvalue weighted by Crippen LogP contribution is -2.38. The standard InChI is InChI=1S/C30H52O4/c1-3-10-23(11-4-1)31-25-14-7-16-27(20-25)33-29-18-9-19-30(22-29)34-28-17-8-15-26(21-28)32-24-12-5-2-6-13-24/h23-30H,1-22H2. The van der Waals surface area contributed by atoms with Crippen molar-refractivity contribution < 1.29 is 18.9 Å². The molecule has 5 aliphatic rings. The summed E-state index contributed by atoms with van der Waals surface area (Å²) in [7, 11) is 0. The van der Waals surface area contributed by atoms with Gasteiger partial charge in [-0.1, -0.05) is 38.5 Å². The Morgan fingerprint density at radius 1 is 0.235 bits per heavy atom. The van der Waals surface area contributed by atoms with Crippen molar-refractivity contribution in [2.45, 2.75) is 190 Å². The Morgan fingerprint density at radius 2 is 0.471 bits per heavy atom. The van der Waals surface area contributed by atoms with E-state index in [2.05, 4.69) is 0 Å². The van der Waals surface area contributed by atoms with E-state index in [1.54, 1.807) is 0 Å². The molecule has 6 atom stereocenters. The molecule has 0 amide bonds. The molecule has 5 saturated carbocycles. The van der Waals surface area contributed by atoms with E-state index in [0.717, 1.165) is 19.3 Å². The molecule has 0 bridgehead atoms. The van der Waals surface area contributed by atoms with Crippen LogP contribution in [0.15, 0.2) is 0 Å². The molecule has 0 aromatic carbocycles. The normalized spacial score (nSPS) is 39.2. The van der Waals surface area contributed by atoms with Crippen LogP contribution in [0.3, 0.4) is 0 Å². The first-order valence-electron chi connectivity index (χ1n) is 15.4. The molecule has 4 nitrogen and oxygen atoms in total. The van der Waals surface area contributed by atoms with Crippen LogP contribution in [-0.4, -0.2) is 48.8 Å². The molecule has 6 unspecified atom stereocenters. The Balaban J connectivity index is 1.03. The van der Waals surface area contributed by atoms with Crippen molar-refractivity contribution in [3.63, 3.8) is 0 Å². The highest BCUT2D eigenvalue weighted by Crippen LogP contribution is 2.34. The van der Waals surface area contributed by atoms with Gasteiger partial charge in [0.1, 0.15) is 0 Å². The van der Waals surface area contributed by atoms with Gasteiger partial charge in [-0.15, -0.1) is 0 Å². The predicted octanol–water partition coefficient (Wildman–Crippen LogP) is 7.65. The van der Waals surface area contributed by atoms with E-state index in [1.165, 1.54) is 122 Å². The lowest BCUT2D eigenvalue weighted by molar-refractivity contribution is -0.136. The van der Waals surface area contributed by atoms with Crippen molar-refractivity contribution >= 4 is 0 Å². The Labute approximate surface area is 209 Å². The van der Waals surface area contributed by atoms with Crippen LogP contribution in [0.1, 0.15) is 141 Å². The van der Waals surface area contributed by atoms with Gasteiger partial charge in [0.05, 0.1) is 48.8 Å². The zero-order valence-electron chi connectivity index (χ0n) is 21.8. The molecule has 0 aliphatic heterocycles. The van der Waals surface area contributed by atoms with Crippen LogP contribution in [-0.2, 0) is 18.9 Å². The summed E-state index contributed by atoms with van der Waals surface area (Å²) in [6.45, 7) is 0. The van der Waals surface area contributed by atoms with E-state index in [4.69, 9.17) is 18.9 Å². The first-order valence-corrected chi connectivity index (χ1v) is 15.4. The largest absolute Gasteiger partial charge is 0.375 e. The molecule has 0 N–H and O–H groups in total. The number of rotatable bonds is 8. The van der Waals surface area contributed by atoms with Gasteiger partial charge in [0.2, 0.25) is 0 Å². The lowest BCUT2D eigenvalue weighted by Gasteiger charge is -2.39. The third-order valence-electron chi connectivity index (χ3n) is 9.38. The molecule has 34 heavy (non-hydrogen) atoms. The fourth-order valence-corrected chi connectivity index (χ4v) is 7.54. The van der Waals surface area contributed by atoms with Gasteiger partial charge in [0.25, 0.3) is 0 Å². The summed E-state index contributed by atoms with van der Waals surface area (Å²) in [6.07, 6.45) is 31.2. The van der Waals surface area contributed by atoms with Crippen LogP contribution in [0, 0.1) is 0 Å². The maximum Gasteiger partial charge on any atom is 0.0603 e. The van der Waals surface area contributed by atoms with Crippen LogP contribution in [0.5, 0.6) is 0 Å². The minimum Gasteiger partial charge on any atom is -0.375 e. The SMILES string of the molecule is C1CCC(OC2CCCC(OC3CCCC(OC4CCCC(OC5CCCCC5)C4)C3)C2)CC1. The van der Waals surface area contributed by atoms with Gasteiger partial charge in [0, 0.05) is 0 Å². The van der Waals surface area contributed by atoms with E-state index >= 15 is 0 Å². The van der Waals surface area contributed by atoms with Crippen LogP contribution >= 0.6 is 0 Å². The quantitative estimate of drug-likeness (QED) is 0.360. The first-order chi connectivity index (χ1) is 16.8. The van der Waals surface area contributed by atoms with Gasteiger partial charge >= 0.3 is 0 Å². The summed E-state index contributed by atoms with van der Waals surface area (Å²) >= 11 is 0. The average Bonchev–Trinajstić information content (AvgIpc) is 2.86. The Hall–Kier alpha value is -0.160. The van der Waals surface area contributed by atoms with Crippen molar-refractivity contribution in [3.05, 3.63) is 0 Å². The van der Waals surface area contributed by atoms with Crippen molar-refractivity contribution in [2.24, 2.45) is 0 Å². The second-order valence-electron chi connectivity index (χ2n) is 12.3. The van der Waals surface area contributed by atoms with E-state index in [1.807, 2.05) is 0 Å². The van der Waals surface area contributed by atoms with Gasteiger partial charge in [-0.2, -0.15) is 0 Å². The van der Waals surface area contributed by atoms with Crippen LogP contribution < -0.4 is 0 Å². The Kier molecular flexibility index (Phi) is 10.0. The molecule has 0 spiro atoms. The van der Waals surface area contributed by atoms with Gasteiger partial charge in [-0.3, -0.25) is 0 Å². The summed E-state index contributed by atoms with van der Waals surface area (Å²) in [6, 6.07) is 0. The molecule has 5 aliphatic carbocycles. The van der Waals surface area contributed by atoms with Crippen molar-refractivity contribution in [1.29, 1.82) is 0 Å². The summed E-state index contributed by atoms with van der Waals surface area (Å²) in [5.74, 6) is 0. The molecule has 0 heterocycles. The predicted molar refractivity (Wildman–Crippen MR) is 136 cm³/mol. The maximum absolute atomic E-state index is 6.71. The minimum absolute atomic E-state index is 0.384. The van der Waals surface area contributed by atoms with Crippen molar-refractivity contribution in [3.8, 4) is 0 Å². The Bertz CT molecular complexity index is 522. The molecule has 0 aromatic heterocycles. The highest BCUT2D eigenvalue weighted by atomic mass is 16.5. The van der Waals surface area contributed by atoms with E-state index in [9.17, 15) is 0 Å². The van der Waals surface area contributed by atoms with Crippen LogP contribution in [0.2, 0.25) is 0 Å². The second kappa shape index (κ2) is 13.4. The highest BCUT2D eigenvalue weighted by molar-refractivity contribution is 4.83. The first kappa shape index (κ1) is 25.5. The molecule has 0 radical (unpaired) electrons. The molecule has 5 fully saturated rings. The summed E-state index contributed by atoms with van der Waals surface area (Å²) in [5, 5.41) is 0. The van der Waals surface area contributed by atoms with Crippen molar-refractivity contribution in [2.75, 3.05) is 0 Å². The van der Waals surface area contributed by atoms with Gasteiger partial charge < -0.3 is 18.9 Å². The summed E-state index contributed by atoms with van der Waals surface area (Å²) in [4.78, 5) is 0.